The van der Waals surface area contributed by atoms with E-state index in [1.165, 1.54) is 18.4 Å². The lowest BCUT2D eigenvalue weighted by molar-refractivity contribution is 0.115. The van der Waals surface area contributed by atoms with E-state index in [0.717, 1.165) is 32.1 Å². The van der Waals surface area contributed by atoms with Crippen LogP contribution in [0.25, 0.3) is 0 Å². The third-order valence-corrected chi connectivity index (χ3v) is 3.93. The molecule has 2 atom stereocenters. The molecule has 0 saturated carbocycles. The third-order valence-electron chi connectivity index (χ3n) is 3.93. The lowest BCUT2D eigenvalue weighted by Gasteiger charge is -2.26. The molecule has 1 saturated heterocycles. The number of ether oxygens (including phenoxy) is 1. The molecule has 1 N–H and O–H groups in total. The second-order valence-corrected chi connectivity index (χ2v) is 5.40. The van der Waals surface area contributed by atoms with Gasteiger partial charge < -0.3 is 15.0 Å². The number of hydrogen-bond donors (Lipinski definition) is 1. The van der Waals surface area contributed by atoms with E-state index < -0.39 is 0 Å². The first-order valence-corrected chi connectivity index (χ1v) is 7.80. The van der Waals surface area contributed by atoms with Crippen LogP contribution in [0, 0.1) is 0 Å². The number of hydrogen-bond acceptors (Lipinski definition) is 4. The van der Waals surface area contributed by atoms with Crippen molar-refractivity contribution < 1.29 is 4.74 Å². The van der Waals surface area contributed by atoms with Gasteiger partial charge in [0.15, 0.2) is 0 Å². The highest BCUT2D eigenvalue weighted by atomic mass is 16.5. The Kier molecular flexibility index (Phi) is 5.80. The van der Waals surface area contributed by atoms with E-state index in [-0.39, 0.29) is 0 Å². The van der Waals surface area contributed by atoms with Gasteiger partial charge >= 0.3 is 0 Å². The smallest absolute Gasteiger partial charge is 0.128 e. The number of anilines is 1. The van der Waals surface area contributed by atoms with Crippen LogP contribution in [0.15, 0.2) is 18.3 Å². The van der Waals surface area contributed by atoms with E-state index in [1.807, 2.05) is 6.20 Å². The van der Waals surface area contributed by atoms with Crippen LogP contribution in [-0.2, 0) is 4.74 Å². The van der Waals surface area contributed by atoms with Crippen molar-refractivity contribution >= 4 is 5.82 Å². The molecule has 20 heavy (non-hydrogen) atoms. The van der Waals surface area contributed by atoms with Gasteiger partial charge in [-0.25, -0.2) is 4.98 Å². The number of likely N-dealkylation sites (N-methyl/N-ethyl adjacent to an activating group) is 1. The van der Waals surface area contributed by atoms with Gasteiger partial charge in [-0.2, -0.15) is 0 Å². The van der Waals surface area contributed by atoms with Gasteiger partial charge in [0.2, 0.25) is 0 Å². The van der Waals surface area contributed by atoms with Crippen LogP contribution in [0.2, 0.25) is 0 Å². The Labute approximate surface area is 122 Å². The van der Waals surface area contributed by atoms with Crippen LogP contribution in [-0.4, -0.2) is 37.3 Å². The molecule has 0 aromatic carbocycles. The molecule has 1 aliphatic heterocycles. The number of rotatable bonds is 7. The summed E-state index contributed by atoms with van der Waals surface area (Å²) in [7, 11) is 0. The minimum atomic E-state index is 0.364. The normalized spacial score (nSPS) is 20.1. The molecule has 4 heteroatoms. The average Bonchev–Trinajstić information content (AvgIpc) is 2.98. The molecule has 112 valence electrons. The second-order valence-electron chi connectivity index (χ2n) is 5.40. The van der Waals surface area contributed by atoms with Gasteiger partial charge in [-0.05, 0) is 50.9 Å². The van der Waals surface area contributed by atoms with Crippen LogP contribution in [0.5, 0.6) is 0 Å². The van der Waals surface area contributed by atoms with E-state index in [4.69, 9.17) is 4.74 Å². The minimum absolute atomic E-state index is 0.364. The topological polar surface area (TPSA) is 37.4 Å². The summed E-state index contributed by atoms with van der Waals surface area (Å²) < 4.78 is 5.74. The van der Waals surface area contributed by atoms with Gasteiger partial charge in [0, 0.05) is 31.9 Å². The Hall–Kier alpha value is -1.13. The minimum Gasteiger partial charge on any atom is -0.376 e. The highest BCUT2D eigenvalue weighted by Crippen LogP contribution is 2.20. The summed E-state index contributed by atoms with van der Waals surface area (Å²) in [5.41, 5.74) is 1.29. The van der Waals surface area contributed by atoms with Gasteiger partial charge in [0.1, 0.15) is 5.82 Å². The molecule has 2 heterocycles. The maximum Gasteiger partial charge on any atom is 0.128 e. The Bertz CT molecular complexity index is 404. The first-order valence-electron chi connectivity index (χ1n) is 7.80. The summed E-state index contributed by atoms with van der Waals surface area (Å²) in [5, 5.41) is 3.45. The Morgan fingerprint density at radius 3 is 3.00 bits per heavy atom. The van der Waals surface area contributed by atoms with Crippen LogP contribution in [0.4, 0.5) is 5.82 Å². The van der Waals surface area contributed by atoms with Crippen molar-refractivity contribution in [3.63, 3.8) is 0 Å². The molecule has 0 aliphatic carbocycles. The lowest BCUT2D eigenvalue weighted by Crippen LogP contribution is -2.32. The zero-order chi connectivity index (χ0) is 14.4. The first kappa shape index (κ1) is 15.3. The van der Waals surface area contributed by atoms with Crippen molar-refractivity contribution in [3.8, 4) is 0 Å². The molecule has 0 radical (unpaired) electrons. The molecule has 1 aromatic rings. The zero-order valence-electron chi connectivity index (χ0n) is 12.9. The highest BCUT2D eigenvalue weighted by Gasteiger charge is 2.19. The monoisotopic (exact) mass is 277 g/mol. The summed E-state index contributed by atoms with van der Waals surface area (Å²) in [6.45, 7) is 10.3. The molecule has 1 aromatic heterocycles. The first-order chi connectivity index (χ1) is 9.74. The Morgan fingerprint density at radius 1 is 1.50 bits per heavy atom. The summed E-state index contributed by atoms with van der Waals surface area (Å²) >= 11 is 0. The average molecular weight is 277 g/mol. The van der Waals surface area contributed by atoms with Crippen LogP contribution >= 0.6 is 0 Å². The number of pyridine rings is 1. The summed E-state index contributed by atoms with van der Waals surface area (Å²) in [6.07, 6.45) is 4.64. The molecule has 4 nitrogen and oxygen atoms in total. The SMILES string of the molecule is CCNC(C)c1ccnc(N(CC)CC2CCCO2)c1. The molecular weight excluding hydrogens is 250 g/mol. The molecule has 2 unspecified atom stereocenters. The van der Waals surface area contributed by atoms with E-state index in [1.54, 1.807) is 0 Å². The number of aromatic nitrogens is 1. The van der Waals surface area contributed by atoms with Crippen LogP contribution < -0.4 is 10.2 Å². The predicted octanol–water partition coefficient (Wildman–Crippen LogP) is 2.76. The van der Waals surface area contributed by atoms with Gasteiger partial charge in [0.05, 0.1) is 6.10 Å². The largest absolute Gasteiger partial charge is 0.376 e. The van der Waals surface area contributed by atoms with E-state index in [2.05, 4.69) is 48.1 Å². The zero-order valence-corrected chi connectivity index (χ0v) is 12.9. The fraction of sp³-hybridized carbons (Fsp3) is 0.688. The van der Waals surface area contributed by atoms with Crippen molar-refractivity contribution in [2.75, 3.05) is 31.1 Å². The number of nitrogens with one attached hydrogen (secondary N) is 1. The quantitative estimate of drug-likeness (QED) is 0.831. The maximum absolute atomic E-state index is 5.74. The molecule has 0 spiro atoms. The van der Waals surface area contributed by atoms with Gasteiger partial charge in [0.25, 0.3) is 0 Å². The fourth-order valence-corrected chi connectivity index (χ4v) is 2.72. The third kappa shape index (κ3) is 3.93. The van der Waals surface area contributed by atoms with Crippen molar-refractivity contribution in [1.29, 1.82) is 0 Å². The van der Waals surface area contributed by atoms with Gasteiger partial charge in [-0.3, -0.25) is 0 Å². The van der Waals surface area contributed by atoms with Crippen molar-refractivity contribution in [2.45, 2.75) is 45.8 Å². The van der Waals surface area contributed by atoms with Crippen LogP contribution in [0.1, 0.15) is 45.2 Å². The number of nitrogens with zero attached hydrogens (tertiary/aromatic N) is 2. The molecule has 0 amide bonds. The Morgan fingerprint density at radius 2 is 2.35 bits per heavy atom. The summed E-state index contributed by atoms with van der Waals surface area (Å²) in [4.78, 5) is 6.86. The summed E-state index contributed by atoms with van der Waals surface area (Å²) in [6, 6.07) is 4.66. The van der Waals surface area contributed by atoms with E-state index in [0.29, 0.717) is 12.1 Å². The van der Waals surface area contributed by atoms with Gasteiger partial charge in [-0.1, -0.05) is 6.92 Å². The van der Waals surface area contributed by atoms with E-state index in [9.17, 15) is 0 Å². The fourth-order valence-electron chi connectivity index (χ4n) is 2.72. The lowest BCUT2D eigenvalue weighted by atomic mass is 10.1. The molecule has 0 bridgehead atoms. The highest BCUT2D eigenvalue weighted by molar-refractivity contribution is 5.42. The molecule has 1 aliphatic rings. The maximum atomic E-state index is 5.74. The molecule has 2 rings (SSSR count). The Balaban J connectivity index is 2.06. The second kappa shape index (κ2) is 7.60. The standard InChI is InChI=1S/C16H27N3O/c1-4-17-13(3)14-8-9-18-16(11-14)19(5-2)12-15-7-6-10-20-15/h8-9,11,13,15,17H,4-7,10,12H2,1-3H3. The van der Waals surface area contributed by atoms with E-state index >= 15 is 0 Å². The van der Waals surface area contributed by atoms with Crippen molar-refractivity contribution in [2.24, 2.45) is 0 Å². The summed E-state index contributed by atoms with van der Waals surface area (Å²) in [5.74, 6) is 1.06. The van der Waals surface area contributed by atoms with Crippen LogP contribution in [0.3, 0.4) is 0 Å². The molecule has 1 fully saturated rings. The van der Waals surface area contributed by atoms with Crippen molar-refractivity contribution in [3.05, 3.63) is 23.9 Å². The van der Waals surface area contributed by atoms with Gasteiger partial charge in [-0.15, -0.1) is 0 Å². The van der Waals surface area contributed by atoms with Crippen molar-refractivity contribution in [1.82, 2.24) is 10.3 Å². The predicted molar refractivity (Wildman–Crippen MR) is 83.2 cm³/mol. The molecular formula is C16H27N3O.